The van der Waals surface area contributed by atoms with Crippen LogP contribution in [-0.2, 0) is 23.9 Å². The Bertz CT molecular complexity index is 1240. The highest BCUT2D eigenvalue weighted by atomic mass is 16.6. The second-order valence-corrected chi connectivity index (χ2v) is 14.8. The first-order valence-corrected chi connectivity index (χ1v) is 17.2. The number of hydrogen-bond donors (Lipinski definition) is 3. The first kappa shape index (κ1) is 35.6. The Kier molecular flexibility index (Phi) is 10.6. The number of esters is 2. The maximum Gasteiger partial charge on any atom is 0.334 e. The number of carbonyl (C=O) groups is 3. The van der Waals surface area contributed by atoms with Crippen LogP contribution in [0.2, 0.25) is 0 Å². The van der Waals surface area contributed by atoms with Crippen molar-refractivity contribution in [3.63, 3.8) is 0 Å². The number of fused-ring (bicyclic) bond motifs is 3. The van der Waals surface area contributed by atoms with E-state index in [-0.39, 0.29) is 17.3 Å². The number of hydrogen-bond acceptors (Lipinski definition) is 8. The normalized spacial score (nSPS) is 36.6. The predicted molar refractivity (Wildman–Crippen MR) is 172 cm³/mol. The average molecular weight is 629 g/mol. The van der Waals surface area contributed by atoms with Crippen LogP contribution >= 0.6 is 0 Å². The third-order valence-electron chi connectivity index (χ3n) is 11.8. The van der Waals surface area contributed by atoms with Gasteiger partial charge in [-0.2, -0.15) is 0 Å². The summed E-state index contributed by atoms with van der Waals surface area (Å²) in [6.45, 7) is 12.4. The standard InChI is InChI=1S/C37H56O8/c1-8-10-11-12-13-14-15-16-17-18-28(39)45-36-21-25(5)35-20-24(4)32(44-33(42)23(3)9-2)37(35,43)30(40)26(22-38)19-27(31(35)41)29(36)34(36,6)7/h9,19-20,25,27,29-30,32,38,40,43H,8,10-18,21-22H2,1-7H3/b23-9-/t25-,27+,29-,30-,32+,35+,36+,37+/m1/s1. The first-order valence-electron chi connectivity index (χ1n) is 17.2. The molecule has 4 aliphatic carbocycles. The smallest absolute Gasteiger partial charge is 0.334 e. The van der Waals surface area contributed by atoms with Gasteiger partial charge in [-0.3, -0.25) is 9.59 Å². The van der Waals surface area contributed by atoms with Gasteiger partial charge in [0.25, 0.3) is 0 Å². The Balaban J connectivity index is 1.60. The number of ether oxygens (including phenoxy) is 2. The molecular weight excluding hydrogens is 572 g/mol. The predicted octanol–water partition coefficient (Wildman–Crippen LogP) is 5.92. The van der Waals surface area contributed by atoms with Crippen LogP contribution < -0.4 is 0 Å². The van der Waals surface area contributed by atoms with Gasteiger partial charge in [0, 0.05) is 29.2 Å². The van der Waals surface area contributed by atoms with Crippen molar-refractivity contribution < 1.29 is 39.2 Å². The molecule has 2 bridgehead atoms. The minimum absolute atomic E-state index is 0.0938. The van der Waals surface area contributed by atoms with Crippen LogP contribution in [0.15, 0.2) is 34.9 Å². The molecule has 0 aromatic rings. The number of unbranched alkanes of at least 4 members (excludes halogenated alkanes) is 8. The van der Waals surface area contributed by atoms with Gasteiger partial charge in [0.2, 0.25) is 0 Å². The number of rotatable bonds is 14. The monoisotopic (exact) mass is 628 g/mol. The highest BCUT2D eigenvalue weighted by Gasteiger charge is 2.83. The van der Waals surface area contributed by atoms with Crippen LogP contribution in [0, 0.1) is 28.6 Å². The molecule has 0 aliphatic heterocycles. The Morgan fingerprint density at radius 1 is 1.07 bits per heavy atom. The lowest BCUT2D eigenvalue weighted by Crippen LogP contribution is -2.66. The van der Waals surface area contributed by atoms with Crippen LogP contribution in [0.3, 0.4) is 0 Å². The Morgan fingerprint density at radius 3 is 2.24 bits per heavy atom. The van der Waals surface area contributed by atoms with Gasteiger partial charge in [0.1, 0.15) is 11.7 Å². The average Bonchev–Trinajstić information content (AvgIpc) is 3.40. The molecule has 8 heteroatoms. The zero-order valence-electron chi connectivity index (χ0n) is 28.5. The maximum absolute atomic E-state index is 14.8. The lowest BCUT2D eigenvalue weighted by Gasteiger charge is -2.49. The molecule has 8 nitrogen and oxygen atoms in total. The number of allylic oxidation sites excluding steroid dienone is 2. The molecule has 2 fully saturated rings. The minimum Gasteiger partial charge on any atom is -0.458 e. The molecule has 252 valence electrons. The summed E-state index contributed by atoms with van der Waals surface area (Å²) in [5.41, 5.74) is -4.52. The highest BCUT2D eigenvalue weighted by Crippen LogP contribution is 2.75. The second kappa shape index (κ2) is 13.4. The SMILES string of the molecule is C/C=C(/C)C(=O)O[C@H]1C(C)=C[C@]23C(=O)[C@@H](C=C(CO)[C@@H](O)[C@]12O)[C@@H]1C(C)(C)[C@]1(OC(=O)CCCCCCCCCCC)C[C@H]3C. The van der Waals surface area contributed by atoms with Crippen LogP contribution in [0.4, 0.5) is 0 Å². The van der Waals surface area contributed by atoms with Crippen LogP contribution in [0.5, 0.6) is 0 Å². The molecule has 2 saturated carbocycles. The summed E-state index contributed by atoms with van der Waals surface area (Å²) in [6.07, 6.45) is 12.7. The summed E-state index contributed by atoms with van der Waals surface area (Å²) in [5.74, 6) is -3.08. The molecule has 0 heterocycles. The van der Waals surface area contributed by atoms with Crippen molar-refractivity contribution in [1.82, 2.24) is 0 Å². The molecule has 0 radical (unpaired) electrons. The summed E-state index contributed by atoms with van der Waals surface area (Å²) < 4.78 is 12.2. The third-order valence-corrected chi connectivity index (χ3v) is 11.8. The van der Waals surface area contributed by atoms with Gasteiger partial charge < -0.3 is 24.8 Å². The van der Waals surface area contributed by atoms with E-state index < -0.39 is 64.6 Å². The van der Waals surface area contributed by atoms with Crippen molar-refractivity contribution in [3.8, 4) is 0 Å². The molecule has 1 spiro atoms. The number of carbonyl (C=O) groups excluding carboxylic acids is 3. The van der Waals surface area contributed by atoms with Gasteiger partial charge in [-0.25, -0.2) is 4.79 Å². The molecule has 0 aromatic heterocycles. The van der Waals surface area contributed by atoms with Crippen molar-refractivity contribution >= 4 is 17.7 Å². The Labute approximate surface area is 269 Å². The summed E-state index contributed by atoms with van der Waals surface area (Å²) >= 11 is 0. The molecule has 4 aliphatic rings. The van der Waals surface area contributed by atoms with Crippen molar-refractivity contribution in [1.29, 1.82) is 0 Å². The maximum atomic E-state index is 14.8. The first-order chi connectivity index (χ1) is 21.2. The fraction of sp³-hybridized carbons (Fsp3) is 0.757. The molecular formula is C37H56O8. The number of aliphatic hydroxyl groups is 3. The molecule has 3 N–H and O–H groups in total. The van der Waals surface area contributed by atoms with Gasteiger partial charge in [-0.05, 0) is 50.7 Å². The third kappa shape index (κ3) is 5.67. The highest BCUT2D eigenvalue weighted by molar-refractivity contribution is 5.96. The van der Waals surface area contributed by atoms with Crippen LogP contribution in [0.1, 0.15) is 119 Å². The molecule has 45 heavy (non-hydrogen) atoms. The topological polar surface area (TPSA) is 130 Å². The number of Topliss-reactive ketones (excluding diaryl/α,β-unsaturated/α-hetero) is 1. The second-order valence-electron chi connectivity index (χ2n) is 14.8. The lowest BCUT2D eigenvalue weighted by atomic mass is 9.59. The van der Waals surface area contributed by atoms with E-state index in [9.17, 15) is 29.7 Å². The summed E-state index contributed by atoms with van der Waals surface area (Å²) in [6, 6.07) is 0. The number of ketones is 1. The van der Waals surface area contributed by atoms with Gasteiger partial charge >= 0.3 is 11.9 Å². The Hall–Kier alpha value is -2.29. The number of aliphatic hydroxyl groups excluding tert-OH is 2. The summed E-state index contributed by atoms with van der Waals surface area (Å²) in [7, 11) is 0. The van der Waals surface area contributed by atoms with Gasteiger partial charge in [-0.15, -0.1) is 0 Å². The van der Waals surface area contributed by atoms with Gasteiger partial charge in [-0.1, -0.05) is 97.3 Å². The quantitative estimate of drug-likeness (QED) is 0.0936. The van der Waals surface area contributed by atoms with E-state index in [0.717, 1.165) is 19.3 Å². The van der Waals surface area contributed by atoms with Crippen LogP contribution in [0.25, 0.3) is 0 Å². The Morgan fingerprint density at radius 2 is 1.67 bits per heavy atom. The summed E-state index contributed by atoms with van der Waals surface area (Å²) in [5, 5.41) is 34.8. The molecule has 0 aromatic carbocycles. The fourth-order valence-electron chi connectivity index (χ4n) is 9.05. The largest absolute Gasteiger partial charge is 0.458 e. The van der Waals surface area contributed by atoms with E-state index in [2.05, 4.69) is 6.92 Å². The van der Waals surface area contributed by atoms with E-state index in [1.54, 1.807) is 39.0 Å². The molecule has 4 rings (SSSR count). The van der Waals surface area contributed by atoms with Gasteiger partial charge in [0.05, 0.1) is 12.0 Å². The van der Waals surface area contributed by atoms with E-state index in [1.165, 1.54) is 38.5 Å². The van der Waals surface area contributed by atoms with Crippen LogP contribution in [-0.4, -0.2) is 63.1 Å². The summed E-state index contributed by atoms with van der Waals surface area (Å²) in [4.78, 5) is 41.1. The molecule has 0 amide bonds. The lowest BCUT2D eigenvalue weighted by molar-refractivity contribution is -0.203. The van der Waals surface area contributed by atoms with Gasteiger partial charge in [0.15, 0.2) is 17.5 Å². The fourth-order valence-corrected chi connectivity index (χ4v) is 9.05. The van der Waals surface area contributed by atoms with Crippen molar-refractivity contribution in [2.45, 2.75) is 143 Å². The molecule has 0 unspecified atom stereocenters. The van der Waals surface area contributed by atoms with E-state index in [1.807, 2.05) is 20.8 Å². The van der Waals surface area contributed by atoms with Crippen molar-refractivity contribution in [2.24, 2.45) is 28.6 Å². The van der Waals surface area contributed by atoms with E-state index >= 15 is 0 Å². The van der Waals surface area contributed by atoms with E-state index in [0.29, 0.717) is 24.0 Å². The zero-order valence-corrected chi connectivity index (χ0v) is 28.5. The van der Waals surface area contributed by atoms with Crippen molar-refractivity contribution in [3.05, 3.63) is 34.9 Å². The molecule has 8 atom stereocenters. The van der Waals surface area contributed by atoms with E-state index in [4.69, 9.17) is 9.47 Å². The minimum atomic E-state index is -2.26. The van der Waals surface area contributed by atoms with Crippen molar-refractivity contribution in [2.75, 3.05) is 6.61 Å². The zero-order chi connectivity index (χ0) is 33.4. The molecule has 0 saturated heterocycles.